The molecule has 132 valence electrons. The molecule has 2 aromatic carbocycles. The second-order valence-electron chi connectivity index (χ2n) is 5.60. The summed E-state index contributed by atoms with van der Waals surface area (Å²) < 4.78 is 32.9. The van der Waals surface area contributed by atoms with E-state index in [2.05, 4.69) is 4.72 Å². The highest BCUT2D eigenvalue weighted by atomic mass is 35.5. The molecule has 2 aromatic rings. The van der Waals surface area contributed by atoms with E-state index in [4.69, 9.17) is 16.3 Å². The third kappa shape index (κ3) is 3.72. The van der Waals surface area contributed by atoms with Crippen LogP contribution >= 0.6 is 11.6 Å². The number of anilines is 2. The van der Waals surface area contributed by atoms with Crippen LogP contribution in [0.4, 0.5) is 11.4 Å². The molecule has 1 fully saturated rings. The fourth-order valence-electron chi connectivity index (χ4n) is 2.72. The van der Waals surface area contributed by atoms with E-state index in [9.17, 15) is 13.2 Å². The molecule has 1 saturated heterocycles. The summed E-state index contributed by atoms with van der Waals surface area (Å²) in [4.78, 5) is 13.7. The third-order valence-electron chi connectivity index (χ3n) is 3.90. The van der Waals surface area contributed by atoms with Gasteiger partial charge in [-0.1, -0.05) is 17.7 Å². The van der Waals surface area contributed by atoms with Gasteiger partial charge in [0.2, 0.25) is 5.91 Å². The summed E-state index contributed by atoms with van der Waals surface area (Å²) in [5.74, 6) is 0.508. The van der Waals surface area contributed by atoms with Crippen molar-refractivity contribution < 1.29 is 17.9 Å². The quantitative estimate of drug-likeness (QED) is 0.863. The van der Waals surface area contributed by atoms with Crippen molar-refractivity contribution in [3.05, 3.63) is 47.5 Å². The number of nitrogens with zero attached hydrogens (tertiary/aromatic N) is 1. The van der Waals surface area contributed by atoms with Gasteiger partial charge in [-0.25, -0.2) is 8.42 Å². The molecule has 0 aromatic heterocycles. The zero-order valence-corrected chi connectivity index (χ0v) is 15.1. The number of carbonyl (C=O) groups is 1. The van der Waals surface area contributed by atoms with Crippen LogP contribution in [-0.4, -0.2) is 28.0 Å². The monoisotopic (exact) mass is 380 g/mol. The van der Waals surface area contributed by atoms with Crippen molar-refractivity contribution in [2.45, 2.75) is 17.7 Å². The number of halogens is 1. The molecule has 3 rings (SSSR count). The van der Waals surface area contributed by atoms with E-state index >= 15 is 0 Å². The number of ether oxygens (including phenoxy) is 1. The van der Waals surface area contributed by atoms with E-state index in [1.165, 1.54) is 19.2 Å². The molecule has 1 heterocycles. The number of carbonyl (C=O) groups excluding carboxylic acids is 1. The molecule has 0 saturated carbocycles. The minimum atomic E-state index is -3.79. The lowest BCUT2D eigenvalue weighted by Gasteiger charge is -2.20. The number of rotatable bonds is 5. The molecule has 0 aliphatic carbocycles. The first-order valence-corrected chi connectivity index (χ1v) is 9.53. The summed E-state index contributed by atoms with van der Waals surface area (Å²) in [7, 11) is -2.28. The minimum Gasteiger partial charge on any atom is -0.495 e. The maximum atomic E-state index is 12.5. The lowest BCUT2D eigenvalue weighted by Crippen LogP contribution is -2.24. The maximum Gasteiger partial charge on any atom is 0.261 e. The Morgan fingerprint density at radius 1 is 1.20 bits per heavy atom. The van der Waals surface area contributed by atoms with Crippen LogP contribution in [0.3, 0.4) is 0 Å². The molecule has 6 nitrogen and oxygen atoms in total. The smallest absolute Gasteiger partial charge is 0.261 e. The summed E-state index contributed by atoms with van der Waals surface area (Å²) >= 11 is 5.87. The van der Waals surface area contributed by atoms with E-state index in [-0.39, 0.29) is 10.8 Å². The first-order chi connectivity index (χ1) is 11.9. The summed E-state index contributed by atoms with van der Waals surface area (Å²) in [5, 5.41) is 0.334. The Balaban J connectivity index is 1.94. The summed E-state index contributed by atoms with van der Waals surface area (Å²) in [5.41, 5.74) is 0.895. The van der Waals surface area contributed by atoms with Gasteiger partial charge in [0.25, 0.3) is 10.0 Å². The maximum absolute atomic E-state index is 12.5. The standard InChI is InChI=1S/C17H17ClN2O4S/c1-24-16-8-7-13(11-15(16)20-9-3-6-17(20)21)19-25(22,23)14-5-2-4-12(18)10-14/h2,4-5,7-8,10-11,19H,3,6,9H2,1H3. The van der Waals surface area contributed by atoms with Gasteiger partial charge in [0.1, 0.15) is 5.75 Å². The van der Waals surface area contributed by atoms with Crippen LogP contribution in [0.2, 0.25) is 5.02 Å². The van der Waals surface area contributed by atoms with Gasteiger partial charge in [0.15, 0.2) is 0 Å². The Morgan fingerprint density at radius 2 is 2.00 bits per heavy atom. The summed E-state index contributed by atoms with van der Waals surface area (Å²) in [6.07, 6.45) is 1.24. The Morgan fingerprint density at radius 3 is 2.64 bits per heavy atom. The van der Waals surface area contributed by atoms with E-state index in [1.54, 1.807) is 35.2 Å². The van der Waals surface area contributed by atoms with Gasteiger partial charge in [-0.2, -0.15) is 0 Å². The van der Waals surface area contributed by atoms with Crippen LogP contribution < -0.4 is 14.4 Å². The van der Waals surface area contributed by atoms with Crippen LogP contribution in [0.15, 0.2) is 47.4 Å². The van der Waals surface area contributed by atoms with Gasteiger partial charge in [-0.05, 0) is 42.8 Å². The molecule has 1 aliphatic heterocycles. The number of amides is 1. The Bertz CT molecular complexity index is 915. The zero-order valence-electron chi connectivity index (χ0n) is 13.5. The average Bonchev–Trinajstić information content (AvgIpc) is 3.00. The van der Waals surface area contributed by atoms with Gasteiger partial charge >= 0.3 is 0 Å². The Hall–Kier alpha value is -2.25. The summed E-state index contributed by atoms with van der Waals surface area (Å²) in [6, 6.07) is 10.8. The van der Waals surface area contributed by atoms with Crippen LogP contribution in [0.5, 0.6) is 5.75 Å². The highest BCUT2D eigenvalue weighted by Gasteiger charge is 2.25. The lowest BCUT2D eigenvalue weighted by molar-refractivity contribution is -0.117. The average molecular weight is 381 g/mol. The number of methoxy groups -OCH3 is 1. The Kier molecular flexibility index (Phi) is 4.87. The fourth-order valence-corrected chi connectivity index (χ4v) is 4.07. The number of hydrogen-bond donors (Lipinski definition) is 1. The number of nitrogens with one attached hydrogen (secondary N) is 1. The molecule has 1 aliphatic rings. The molecular formula is C17H17ClN2O4S. The van der Waals surface area contributed by atoms with Crippen LogP contribution in [0, 0.1) is 0 Å². The molecule has 0 spiro atoms. The number of benzene rings is 2. The second kappa shape index (κ2) is 6.93. The van der Waals surface area contributed by atoms with Gasteiger partial charge in [-0.15, -0.1) is 0 Å². The predicted molar refractivity (Wildman–Crippen MR) is 96.8 cm³/mol. The molecule has 1 N–H and O–H groups in total. The zero-order chi connectivity index (χ0) is 18.0. The van der Waals surface area contributed by atoms with E-state index in [0.717, 1.165) is 6.42 Å². The topological polar surface area (TPSA) is 75.7 Å². The first-order valence-electron chi connectivity index (χ1n) is 7.67. The largest absolute Gasteiger partial charge is 0.495 e. The van der Waals surface area contributed by atoms with Crippen molar-refractivity contribution in [1.82, 2.24) is 0 Å². The lowest BCUT2D eigenvalue weighted by atomic mass is 10.2. The van der Waals surface area contributed by atoms with Crippen LogP contribution in [0.1, 0.15) is 12.8 Å². The van der Waals surface area contributed by atoms with Gasteiger partial charge in [0, 0.05) is 18.0 Å². The van der Waals surface area contributed by atoms with Crippen molar-refractivity contribution in [1.29, 1.82) is 0 Å². The number of sulfonamides is 1. The number of hydrogen-bond acceptors (Lipinski definition) is 4. The van der Waals surface area contributed by atoms with Crippen molar-refractivity contribution >= 4 is 38.9 Å². The normalized spacial score (nSPS) is 14.6. The molecule has 0 unspecified atom stereocenters. The van der Waals surface area contributed by atoms with E-state index in [0.29, 0.717) is 35.1 Å². The molecule has 0 atom stereocenters. The van der Waals surface area contributed by atoms with Crippen molar-refractivity contribution in [2.75, 3.05) is 23.3 Å². The third-order valence-corrected chi connectivity index (χ3v) is 5.52. The van der Waals surface area contributed by atoms with Crippen molar-refractivity contribution in [3.63, 3.8) is 0 Å². The molecular weight excluding hydrogens is 364 g/mol. The van der Waals surface area contributed by atoms with Gasteiger partial charge in [0.05, 0.1) is 23.4 Å². The predicted octanol–water partition coefficient (Wildman–Crippen LogP) is 3.28. The molecule has 0 radical (unpaired) electrons. The van der Waals surface area contributed by atoms with E-state index < -0.39 is 10.0 Å². The molecule has 25 heavy (non-hydrogen) atoms. The molecule has 1 amide bonds. The SMILES string of the molecule is COc1ccc(NS(=O)(=O)c2cccc(Cl)c2)cc1N1CCCC1=O. The van der Waals surface area contributed by atoms with E-state index in [1.807, 2.05) is 0 Å². The first kappa shape index (κ1) is 17.6. The van der Waals surface area contributed by atoms with Crippen LogP contribution in [0.25, 0.3) is 0 Å². The van der Waals surface area contributed by atoms with Crippen molar-refractivity contribution in [2.24, 2.45) is 0 Å². The van der Waals surface area contributed by atoms with Crippen LogP contribution in [-0.2, 0) is 14.8 Å². The molecule has 0 bridgehead atoms. The Labute approximate surface area is 151 Å². The van der Waals surface area contributed by atoms with Gasteiger partial charge in [-0.3, -0.25) is 9.52 Å². The summed E-state index contributed by atoms with van der Waals surface area (Å²) in [6.45, 7) is 0.583. The highest BCUT2D eigenvalue weighted by molar-refractivity contribution is 7.92. The highest BCUT2D eigenvalue weighted by Crippen LogP contribution is 2.34. The fraction of sp³-hybridized carbons (Fsp3) is 0.235. The minimum absolute atomic E-state index is 0.00634. The van der Waals surface area contributed by atoms with Crippen molar-refractivity contribution in [3.8, 4) is 5.75 Å². The molecule has 8 heteroatoms. The van der Waals surface area contributed by atoms with Gasteiger partial charge < -0.3 is 9.64 Å². The second-order valence-corrected chi connectivity index (χ2v) is 7.72.